The molecule has 1 atom stereocenters. The minimum atomic E-state index is -0.0434. The Kier molecular flexibility index (Phi) is 7.53. The summed E-state index contributed by atoms with van der Waals surface area (Å²) in [5.74, 6) is 1.42. The zero-order valence-electron chi connectivity index (χ0n) is 13.1. The Hall–Kier alpha value is -0.570. The van der Waals surface area contributed by atoms with Crippen LogP contribution in [0.3, 0.4) is 0 Å². The maximum Gasteiger partial charge on any atom is 0.222 e. The number of hydrogen-bond donors (Lipinski definition) is 1. The van der Waals surface area contributed by atoms with Crippen molar-refractivity contribution in [1.82, 2.24) is 4.90 Å². The van der Waals surface area contributed by atoms with Gasteiger partial charge in [0.05, 0.1) is 0 Å². The van der Waals surface area contributed by atoms with Crippen LogP contribution in [0.25, 0.3) is 0 Å². The fourth-order valence-electron chi connectivity index (χ4n) is 2.08. The summed E-state index contributed by atoms with van der Waals surface area (Å²) in [4.78, 5) is 14.1. The Morgan fingerprint density at radius 3 is 2.22 bits per heavy atom. The molecule has 0 bridgehead atoms. The van der Waals surface area contributed by atoms with Gasteiger partial charge < -0.3 is 10.6 Å². The van der Waals surface area contributed by atoms with E-state index in [-0.39, 0.29) is 11.4 Å². The average Bonchev–Trinajstić information content (AvgIpc) is 2.32. The van der Waals surface area contributed by atoms with Crippen molar-refractivity contribution >= 4 is 5.91 Å². The van der Waals surface area contributed by atoms with E-state index in [2.05, 4.69) is 34.6 Å². The summed E-state index contributed by atoms with van der Waals surface area (Å²) < 4.78 is 0. The third-order valence-electron chi connectivity index (χ3n) is 4.36. The third kappa shape index (κ3) is 5.38. The molecule has 0 heterocycles. The predicted octanol–water partition coefficient (Wildman–Crippen LogP) is 3.03. The van der Waals surface area contributed by atoms with Crippen LogP contribution in [-0.4, -0.2) is 29.9 Å². The van der Waals surface area contributed by atoms with Crippen molar-refractivity contribution in [3.63, 3.8) is 0 Å². The number of carbonyl (C=O) groups excluding carboxylic acids is 1. The second kappa shape index (κ2) is 7.78. The number of carbonyl (C=O) groups is 1. The molecule has 0 saturated carbocycles. The lowest BCUT2D eigenvalue weighted by Crippen LogP contribution is -2.44. The second-order valence-electron chi connectivity index (χ2n) is 6.24. The Morgan fingerprint density at radius 1 is 1.28 bits per heavy atom. The largest absolute Gasteiger partial charge is 0.341 e. The molecule has 0 aromatic rings. The van der Waals surface area contributed by atoms with E-state index in [1.165, 1.54) is 0 Å². The zero-order valence-corrected chi connectivity index (χ0v) is 13.1. The quantitative estimate of drug-likeness (QED) is 0.725. The van der Waals surface area contributed by atoms with Crippen LogP contribution in [0.15, 0.2) is 0 Å². The number of rotatable bonds is 8. The highest BCUT2D eigenvalue weighted by Crippen LogP contribution is 2.23. The molecular formula is C15H32N2O. The van der Waals surface area contributed by atoms with Gasteiger partial charge in [0, 0.05) is 19.0 Å². The fourth-order valence-corrected chi connectivity index (χ4v) is 2.08. The van der Waals surface area contributed by atoms with Crippen molar-refractivity contribution < 1.29 is 4.79 Å². The van der Waals surface area contributed by atoms with E-state index >= 15 is 0 Å². The molecule has 0 radical (unpaired) electrons. The first-order chi connectivity index (χ1) is 8.26. The van der Waals surface area contributed by atoms with Crippen LogP contribution < -0.4 is 5.73 Å². The summed E-state index contributed by atoms with van der Waals surface area (Å²) in [5.41, 5.74) is 5.59. The van der Waals surface area contributed by atoms with Crippen LogP contribution in [0.1, 0.15) is 60.3 Å². The Bertz CT molecular complexity index is 249. The van der Waals surface area contributed by atoms with Gasteiger partial charge in [0.15, 0.2) is 0 Å². The van der Waals surface area contributed by atoms with Gasteiger partial charge in [0.25, 0.3) is 0 Å². The highest BCUT2D eigenvalue weighted by molar-refractivity contribution is 5.76. The number of nitrogens with zero attached hydrogens (tertiary/aromatic N) is 1. The molecule has 0 spiro atoms. The second-order valence-corrected chi connectivity index (χ2v) is 6.24. The summed E-state index contributed by atoms with van der Waals surface area (Å²) in [6.45, 7) is 11.5. The van der Waals surface area contributed by atoms with Crippen molar-refractivity contribution in [3.8, 4) is 0 Å². The molecule has 0 aromatic carbocycles. The molecule has 0 fully saturated rings. The summed E-state index contributed by atoms with van der Waals surface area (Å²) in [7, 11) is 1.92. The van der Waals surface area contributed by atoms with Crippen LogP contribution in [-0.2, 0) is 4.79 Å². The normalized spacial score (nSPS) is 13.8. The van der Waals surface area contributed by atoms with Crippen LogP contribution in [0.4, 0.5) is 0 Å². The molecule has 0 aromatic heterocycles. The van der Waals surface area contributed by atoms with Crippen LogP contribution >= 0.6 is 0 Å². The Labute approximate surface area is 113 Å². The Balaban J connectivity index is 4.31. The zero-order chi connectivity index (χ0) is 14.3. The van der Waals surface area contributed by atoms with Gasteiger partial charge in [-0.05, 0) is 51.5 Å². The first kappa shape index (κ1) is 17.4. The molecular weight excluding hydrogens is 224 g/mol. The molecule has 0 aliphatic carbocycles. The summed E-state index contributed by atoms with van der Waals surface area (Å²) in [5, 5.41) is 0. The van der Waals surface area contributed by atoms with Crippen LogP contribution in [0.5, 0.6) is 0 Å². The van der Waals surface area contributed by atoms with Crippen molar-refractivity contribution in [2.24, 2.45) is 17.6 Å². The lowest BCUT2D eigenvalue weighted by Gasteiger charge is -2.35. The topological polar surface area (TPSA) is 46.3 Å². The molecule has 2 N–H and O–H groups in total. The molecule has 0 aliphatic heterocycles. The minimum absolute atomic E-state index is 0.0434. The van der Waals surface area contributed by atoms with Crippen molar-refractivity contribution in [2.45, 2.75) is 65.8 Å². The smallest absolute Gasteiger partial charge is 0.222 e. The van der Waals surface area contributed by atoms with Gasteiger partial charge in [-0.15, -0.1) is 0 Å². The summed E-state index contributed by atoms with van der Waals surface area (Å²) in [6, 6.07) is 0. The van der Waals surface area contributed by atoms with Gasteiger partial charge in [-0.1, -0.05) is 20.8 Å². The van der Waals surface area contributed by atoms with E-state index in [4.69, 9.17) is 5.73 Å². The number of hydrogen-bond acceptors (Lipinski definition) is 2. The molecule has 3 heteroatoms. The average molecular weight is 256 g/mol. The summed E-state index contributed by atoms with van der Waals surface area (Å²) in [6.07, 6.45) is 3.60. The van der Waals surface area contributed by atoms with E-state index in [0.717, 1.165) is 19.3 Å². The molecule has 0 saturated heterocycles. The molecule has 1 unspecified atom stereocenters. The first-order valence-electron chi connectivity index (χ1n) is 7.23. The molecule has 3 nitrogen and oxygen atoms in total. The van der Waals surface area contributed by atoms with Gasteiger partial charge in [-0.25, -0.2) is 0 Å². The molecule has 0 aliphatic rings. The SMILES string of the molecule is CCC(C)(C)N(C)C(=O)CCC(CCN)C(C)C. The van der Waals surface area contributed by atoms with Crippen molar-refractivity contribution in [3.05, 3.63) is 0 Å². The van der Waals surface area contributed by atoms with E-state index < -0.39 is 0 Å². The van der Waals surface area contributed by atoms with E-state index in [1.807, 2.05) is 11.9 Å². The monoisotopic (exact) mass is 256 g/mol. The first-order valence-corrected chi connectivity index (χ1v) is 7.23. The molecule has 0 rings (SSSR count). The number of nitrogens with two attached hydrogens (primary N) is 1. The maximum atomic E-state index is 12.2. The maximum absolute atomic E-state index is 12.2. The van der Waals surface area contributed by atoms with Gasteiger partial charge in [-0.2, -0.15) is 0 Å². The Morgan fingerprint density at radius 2 is 1.83 bits per heavy atom. The minimum Gasteiger partial charge on any atom is -0.341 e. The van der Waals surface area contributed by atoms with E-state index in [1.54, 1.807) is 0 Å². The van der Waals surface area contributed by atoms with Gasteiger partial charge >= 0.3 is 0 Å². The summed E-state index contributed by atoms with van der Waals surface area (Å²) >= 11 is 0. The van der Waals surface area contributed by atoms with Crippen molar-refractivity contribution in [1.29, 1.82) is 0 Å². The number of amides is 1. The lowest BCUT2D eigenvalue weighted by molar-refractivity contribution is -0.135. The van der Waals surface area contributed by atoms with Crippen LogP contribution in [0.2, 0.25) is 0 Å². The molecule has 18 heavy (non-hydrogen) atoms. The lowest BCUT2D eigenvalue weighted by atomic mass is 9.88. The van der Waals surface area contributed by atoms with Gasteiger partial charge in [-0.3, -0.25) is 4.79 Å². The van der Waals surface area contributed by atoms with E-state index in [0.29, 0.717) is 24.8 Å². The van der Waals surface area contributed by atoms with E-state index in [9.17, 15) is 4.79 Å². The fraction of sp³-hybridized carbons (Fsp3) is 0.933. The predicted molar refractivity (Wildman–Crippen MR) is 78.4 cm³/mol. The van der Waals surface area contributed by atoms with Gasteiger partial charge in [0.1, 0.15) is 0 Å². The standard InChI is InChI=1S/C15H32N2O/c1-7-15(4,5)17(6)14(18)9-8-13(10-11-16)12(2)3/h12-13H,7-11,16H2,1-6H3. The highest BCUT2D eigenvalue weighted by Gasteiger charge is 2.26. The molecule has 1 amide bonds. The molecule has 108 valence electrons. The van der Waals surface area contributed by atoms with Crippen molar-refractivity contribution in [2.75, 3.05) is 13.6 Å². The highest BCUT2D eigenvalue weighted by atomic mass is 16.2. The third-order valence-corrected chi connectivity index (χ3v) is 4.36. The van der Waals surface area contributed by atoms with Gasteiger partial charge in [0.2, 0.25) is 5.91 Å². The van der Waals surface area contributed by atoms with Crippen LogP contribution in [0, 0.1) is 11.8 Å².